The van der Waals surface area contributed by atoms with Gasteiger partial charge in [-0.3, -0.25) is 0 Å². The summed E-state index contributed by atoms with van der Waals surface area (Å²) in [6, 6.07) is 0. The fourth-order valence-electron chi connectivity index (χ4n) is 2.77. The van der Waals surface area contributed by atoms with Crippen molar-refractivity contribution in [3.8, 4) is 0 Å². The molecule has 0 spiro atoms. The maximum atomic E-state index is 6.62. The molecule has 1 saturated carbocycles. The summed E-state index contributed by atoms with van der Waals surface area (Å²) in [6.07, 6.45) is 7.06. The zero-order valence-electron chi connectivity index (χ0n) is 11.6. The van der Waals surface area contributed by atoms with E-state index >= 15 is 0 Å². The molecule has 0 atom stereocenters. The lowest BCUT2D eigenvalue weighted by Gasteiger charge is -2.24. The largest absolute Gasteiger partial charge is 0.319 e. The monoisotopic (exact) mass is 279 g/mol. The van der Waals surface area contributed by atoms with Crippen LogP contribution in [-0.2, 0) is 5.54 Å². The Hall–Kier alpha value is -1.01. The summed E-state index contributed by atoms with van der Waals surface area (Å²) in [5, 5.41) is 14.2. The molecule has 1 fully saturated rings. The van der Waals surface area contributed by atoms with Gasteiger partial charge in [0.2, 0.25) is 4.96 Å². The summed E-state index contributed by atoms with van der Waals surface area (Å²) in [7, 11) is 0. The van der Waals surface area contributed by atoms with Crippen LogP contribution in [0.5, 0.6) is 0 Å². The third-order valence-corrected chi connectivity index (χ3v) is 5.07. The average Bonchev–Trinajstić information content (AvgIpc) is 2.86. The van der Waals surface area contributed by atoms with E-state index in [9.17, 15) is 0 Å². The van der Waals surface area contributed by atoms with E-state index in [0.717, 1.165) is 28.6 Å². The van der Waals surface area contributed by atoms with Gasteiger partial charge < -0.3 is 5.73 Å². The van der Waals surface area contributed by atoms with Gasteiger partial charge in [0.25, 0.3) is 0 Å². The van der Waals surface area contributed by atoms with Crippen molar-refractivity contribution in [2.45, 2.75) is 63.8 Å². The molecule has 6 heteroatoms. The van der Waals surface area contributed by atoms with Crippen molar-refractivity contribution < 1.29 is 0 Å². The molecular formula is C13H21N5S. The molecule has 0 bridgehead atoms. The highest BCUT2D eigenvalue weighted by molar-refractivity contribution is 7.16. The summed E-state index contributed by atoms with van der Waals surface area (Å²) in [4.78, 5) is 0.868. The number of nitrogens with zero attached hydrogens (tertiary/aromatic N) is 4. The Morgan fingerprint density at radius 2 is 1.84 bits per heavy atom. The molecule has 3 rings (SSSR count). The Balaban J connectivity index is 2.00. The minimum Gasteiger partial charge on any atom is -0.319 e. The van der Waals surface area contributed by atoms with Gasteiger partial charge in [-0.15, -0.1) is 10.2 Å². The first kappa shape index (κ1) is 13.0. The molecule has 0 saturated heterocycles. The van der Waals surface area contributed by atoms with Crippen LogP contribution in [0, 0.1) is 0 Å². The first-order valence-electron chi connectivity index (χ1n) is 7.12. The molecule has 1 aliphatic rings. The summed E-state index contributed by atoms with van der Waals surface area (Å²) < 4.78 is 1.88. The quantitative estimate of drug-likeness (QED) is 0.858. The molecule has 2 N–H and O–H groups in total. The van der Waals surface area contributed by atoms with Crippen molar-refractivity contribution in [3.05, 3.63) is 10.8 Å². The Kier molecular flexibility index (Phi) is 3.30. The van der Waals surface area contributed by atoms with Gasteiger partial charge in [0, 0.05) is 5.92 Å². The highest BCUT2D eigenvalue weighted by Gasteiger charge is 2.32. The van der Waals surface area contributed by atoms with Crippen molar-refractivity contribution in [3.63, 3.8) is 0 Å². The van der Waals surface area contributed by atoms with E-state index in [4.69, 9.17) is 10.8 Å². The maximum Gasteiger partial charge on any atom is 0.234 e. The molecule has 0 unspecified atom stereocenters. The maximum absolute atomic E-state index is 6.62. The molecule has 5 nitrogen and oxygen atoms in total. The van der Waals surface area contributed by atoms with E-state index < -0.39 is 0 Å². The summed E-state index contributed by atoms with van der Waals surface area (Å²) in [5.74, 6) is 1.25. The van der Waals surface area contributed by atoms with E-state index in [1.165, 1.54) is 25.7 Å². The van der Waals surface area contributed by atoms with Crippen LogP contribution in [0.2, 0.25) is 0 Å². The van der Waals surface area contributed by atoms with Gasteiger partial charge in [-0.1, -0.05) is 50.9 Å². The third-order valence-electron chi connectivity index (χ3n) is 3.95. The molecule has 104 valence electrons. The topological polar surface area (TPSA) is 69.1 Å². The van der Waals surface area contributed by atoms with Gasteiger partial charge in [-0.05, 0) is 12.8 Å². The van der Waals surface area contributed by atoms with E-state index in [2.05, 4.69) is 24.0 Å². The molecular weight excluding hydrogens is 258 g/mol. The van der Waals surface area contributed by atoms with E-state index in [1.807, 2.05) is 4.52 Å². The molecule has 2 heterocycles. The number of hydrogen-bond acceptors (Lipinski definition) is 5. The van der Waals surface area contributed by atoms with Crippen LogP contribution >= 0.6 is 11.3 Å². The van der Waals surface area contributed by atoms with Crippen LogP contribution < -0.4 is 5.73 Å². The summed E-state index contributed by atoms with van der Waals surface area (Å²) >= 11 is 1.60. The second kappa shape index (κ2) is 4.83. The van der Waals surface area contributed by atoms with Crippen molar-refractivity contribution in [1.82, 2.24) is 19.8 Å². The van der Waals surface area contributed by atoms with E-state index in [0.29, 0.717) is 5.92 Å². The van der Waals surface area contributed by atoms with Gasteiger partial charge in [0.05, 0.1) is 5.54 Å². The highest BCUT2D eigenvalue weighted by Crippen LogP contribution is 2.36. The molecule has 0 aromatic carbocycles. The Labute approximate surface area is 117 Å². The molecule has 0 aliphatic heterocycles. The first-order chi connectivity index (χ1) is 9.10. The molecule has 19 heavy (non-hydrogen) atoms. The minimum atomic E-state index is -0.254. The standard InChI is InChI=1S/C13H21N5S/c1-9(2)10-15-16-12-18(10)17-11(19-12)13(14)7-5-3-4-6-8-13/h9H,3-8,14H2,1-2H3. The number of fused-ring (bicyclic) bond motifs is 1. The van der Waals surface area contributed by atoms with E-state index in [1.54, 1.807) is 11.3 Å². The lowest BCUT2D eigenvalue weighted by Crippen LogP contribution is -2.36. The van der Waals surface area contributed by atoms with Gasteiger partial charge in [0.1, 0.15) is 5.01 Å². The second-order valence-electron chi connectivity index (χ2n) is 5.88. The van der Waals surface area contributed by atoms with Crippen molar-refractivity contribution in [2.75, 3.05) is 0 Å². The summed E-state index contributed by atoms with van der Waals surface area (Å²) in [5.41, 5.74) is 6.36. The van der Waals surface area contributed by atoms with Crippen LogP contribution in [0.15, 0.2) is 0 Å². The fraction of sp³-hybridized carbons (Fsp3) is 0.769. The van der Waals surface area contributed by atoms with Crippen LogP contribution in [0.1, 0.15) is 69.1 Å². The average molecular weight is 279 g/mol. The zero-order valence-corrected chi connectivity index (χ0v) is 12.4. The first-order valence-corrected chi connectivity index (χ1v) is 7.93. The Morgan fingerprint density at radius 1 is 1.16 bits per heavy atom. The number of rotatable bonds is 2. The zero-order chi connectivity index (χ0) is 13.5. The minimum absolute atomic E-state index is 0.254. The second-order valence-corrected chi connectivity index (χ2v) is 6.84. The third kappa shape index (κ3) is 2.27. The highest BCUT2D eigenvalue weighted by atomic mass is 32.1. The molecule has 0 radical (unpaired) electrons. The van der Waals surface area contributed by atoms with Gasteiger partial charge in [0.15, 0.2) is 5.82 Å². The molecule has 1 aliphatic carbocycles. The predicted octanol–water partition coefficient (Wildman–Crippen LogP) is 2.82. The van der Waals surface area contributed by atoms with Crippen LogP contribution in [0.4, 0.5) is 0 Å². The van der Waals surface area contributed by atoms with Crippen LogP contribution in [0.3, 0.4) is 0 Å². The lowest BCUT2D eigenvalue weighted by molar-refractivity contribution is 0.379. The predicted molar refractivity (Wildman–Crippen MR) is 76.3 cm³/mol. The van der Waals surface area contributed by atoms with Crippen molar-refractivity contribution >= 4 is 16.3 Å². The number of aromatic nitrogens is 4. The normalized spacial score (nSPS) is 20.0. The Bertz CT molecular complexity index is 563. The van der Waals surface area contributed by atoms with Gasteiger partial charge in [-0.25, -0.2) is 0 Å². The number of hydrogen-bond donors (Lipinski definition) is 1. The summed E-state index contributed by atoms with van der Waals surface area (Å²) in [6.45, 7) is 4.22. The lowest BCUT2D eigenvalue weighted by atomic mass is 9.92. The molecule has 0 amide bonds. The smallest absolute Gasteiger partial charge is 0.234 e. The van der Waals surface area contributed by atoms with Crippen LogP contribution in [-0.4, -0.2) is 19.8 Å². The van der Waals surface area contributed by atoms with Gasteiger partial charge in [-0.2, -0.15) is 9.61 Å². The van der Waals surface area contributed by atoms with E-state index in [-0.39, 0.29) is 5.54 Å². The van der Waals surface area contributed by atoms with Crippen molar-refractivity contribution in [1.29, 1.82) is 0 Å². The Morgan fingerprint density at radius 3 is 2.47 bits per heavy atom. The SMILES string of the molecule is CC(C)c1nnc2sc(C3(N)CCCCCC3)nn12. The van der Waals surface area contributed by atoms with Crippen LogP contribution in [0.25, 0.3) is 4.96 Å². The fourth-order valence-corrected chi connectivity index (χ4v) is 3.77. The van der Waals surface area contributed by atoms with Gasteiger partial charge >= 0.3 is 0 Å². The molecule has 2 aromatic rings. The van der Waals surface area contributed by atoms with Crippen molar-refractivity contribution in [2.24, 2.45) is 5.73 Å². The number of nitrogens with two attached hydrogens (primary N) is 1. The molecule has 2 aromatic heterocycles.